The predicted octanol–water partition coefficient (Wildman–Crippen LogP) is 3.27. The first-order valence-corrected chi connectivity index (χ1v) is 8.35. The summed E-state index contributed by atoms with van der Waals surface area (Å²) >= 11 is 0. The fourth-order valence-corrected chi connectivity index (χ4v) is 3.59. The molecule has 0 spiro atoms. The van der Waals surface area contributed by atoms with Crippen molar-refractivity contribution in [1.29, 1.82) is 0 Å². The number of hydrogen-bond donors (Lipinski definition) is 0. The van der Waals surface area contributed by atoms with Crippen LogP contribution in [0.15, 0.2) is 47.4 Å². The fraction of sp³-hybridized carbons (Fsp3) is 0.235. The van der Waals surface area contributed by atoms with Gasteiger partial charge in [0.2, 0.25) is 0 Å². The van der Waals surface area contributed by atoms with E-state index in [0.29, 0.717) is 5.56 Å². The highest BCUT2D eigenvalue weighted by atomic mass is 32.2. The smallest absolute Gasteiger partial charge is 0.185 e. The molecule has 0 fully saturated rings. The molecule has 0 saturated heterocycles. The highest BCUT2D eigenvalue weighted by molar-refractivity contribution is 7.92. The first-order valence-electron chi connectivity index (χ1n) is 6.69. The maximum atomic E-state index is 12.3. The molecule has 0 aromatic heterocycles. The number of aryl methyl sites for hydroxylation is 3. The van der Waals surface area contributed by atoms with Crippen molar-refractivity contribution in [3.8, 4) is 0 Å². The zero-order valence-electron chi connectivity index (χ0n) is 12.4. The molecular weight excluding hydrogens is 284 g/mol. The third-order valence-corrected chi connectivity index (χ3v) is 4.97. The van der Waals surface area contributed by atoms with E-state index in [1.165, 1.54) is 6.07 Å². The van der Waals surface area contributed by atoms with Crippen LogP contribution in [0, 0.1) is 20.8 Å². The van der Waals surface area contributed by atoms with Gasteiger partial charge >= 0.3 is 0 Å². The number of ketones is 1. The minimum absolute atomic E-state index is 0.195. The number of carbonyl (C=O) groups excluding carboxylic acids is 1. The van der Waals surface area contributed by atoms with Gasteiger partial charge in [0, 0.05) is 5.56 Å². The first-order chi connectivity index (χ1) is 9.79. The van der Waals surface area contributed by atoms with Crippen molar-refractivity contribution < 1.29 is 13.2 Å². The molecule has 0 bridgehead atoms. The summed E-state index contributed by atoms with van der Waals surface area (Å²) in [6.07, 6.45) is 0. The lowest BCUT2D eigenvalue weighted by molar-refractivity contribution is 0.102. The predicted molar refractivity (Wildman–Crippen MR) is 83.5 cm³/mol. The zero-order valence-corrected chi connectivity index (χ0v) is 13.2. The Labute approximate surface area is 125 Å². The number of sulfone groups is 1. The molecule has 0 unspecified atom stereocenters. The summed E-state index contributed by atoms with van der Waals surface area (Å²) in [6, 6.07) is 12.0. The molecule has 0 amide bonds. The van der Waals surface area contributed by atoms with Crippen molar-refractivity contribution in [3.05, 3.63) is 64.7 Å². The van der Waals surface area contributed by atoms with E-state index in [4.69, 9.17) is 0 Å². The Kier molecular flexibility index (Phi) is 4.28. The van der Waals surface area contributed by atoms with E-state index in [0.717, 1.165) is 16.7 Å². The van der Waals surface area contributed by atoms with Gasteiger partial charge in [0.15, 0.2) is 15.6 Å². The van der Waals surface area contributed by atoms with E-state index in [1.54, 1.807) is 18.2 Å². The van der Waals surface area contributed by atoms with Crippen LogP contribution >= 0.6 is 0 Å². The average Bonchev–Trinajstić information content (AvgIpc) is 2.37. The number of rotatable bonds is 4. The van der Waals surface area contributed by atoms with Gasteiger partial charge in [-0.2, -0.15) is 0 Å². The molecule has 4 heteroatoms. The van der Waals surface area contributed by atoms with Crippen molar-refractivity contribution in [2.45, 2.75) is 25.7 Å². The van der Waals surface area contributed by atoms with E-state index in [2.05, 4.69) is 0 Å². The molecule has 0 aliphatic heterocycles. The third-order valence-electron chi connectivity index (χ3n) is 3.35. The van der Waals surface area contributed by atoms with Crippen LogP contribution in [0.4, 0.5) is 0 Å². The summed E-state index contributed by atoms with van der Waals surface area (Å²) in [5.74, 6) is -0.866. The number of benzene rings is 2. The Hall–Kier alpha value is -1.94. The second-order valence-corrected chi connectivity index (χ2v) is 7.31. The Bertz CT molecular complexity index is 789. The monoisotopic (exact) mass is 302 g/mol. The lowest BCUT2D eigenvalue weighted by Crippen LogP contribution is -2.17. The fourth-order valence-electron chi connectivity index (χ4n) is 2.27. The molecule has 2 aromatic rings. The largest absolute Gasteiger partial charge is 0.293 e. The molecule has 2 rings (SSSR count). The van der Waals surface area contributed by atoms with Gasteiger partial charge in [0.05, 0.1) is 4.90 Å². The second-order valence-electron chi connectivity index (χ2n) is 5.32. The summed E-state index contributed by atoms with van der Waals surface area (Å²) in [5, 5.41) is 0. The Morgan fingerprint density at radius 2 is 1.62 bits per heavy atom. The molecule has 21 heavy (non-hydrogen) atoms. The maximum Gasteiger partial charge on any atom is 0.185 e. The minimum atomic E-state index is -3.61. The van der Waals surface area contributed by atoms with Gasteiger partial charge in [-0.15, -0.1) is 0 Å². The van der Waals surface area contributed by atoms with E-state index in [-0.39, 0.29) is 10.7 Å². The van der Waals surface area contributed by atoms with E-state index in [1.807, 2.05) is 39.0 Å². The van der Waals surface area contributed by atoms with Crippen LogP contribution in [0.1, 0.15) is 27.0 Å². The van der Waals surface area contributed by atoms with Crippen LogP contribution in [0.3, 0.4) is 0 Å². The van der Waals surface area contributed by atoms with Crippen LogP contribution in [0.2, 0.25) is 0 Å². The summed E-state index contributed by atoms with van der Waals surface area (Å²) in [6.45, 7) is 5.58. The van der Waals surface area contributed by atoms with Crippen LogP contribution in [-0.4, -0.2) is 20.0 Å². The molecule has 0 saturated carbocycles. The van der Waals surface area contributed by atoms with Gasteiger partial charge in [-0.05, 0) is 44.0 Å². The van der Waals surface area contributed by atoms with Gasteiger partial charge in [0.25, 0.3) is 0 Å². The van der Waals surface area contributed by atoms with Crippen molar-refractivity contribution in [2.24, 2.45) is 0 Å². The SMILES string of the molecule is Cc1cccc(S(=O)(=O)CC(=O)c2ccc(C)cc2C)c1. The Balaban J connectivity index is 2.30. The second kappa shape index (κ2) is 5.82. The summed E-state index contributed by atoms with van der Waals surface area (Å²) in [4.78, 5) is 12.5. The zero-order chi connectivity index (χ0) is 15.6. The van der Waals surface area contributed by atoms with Crippen molar-refractivity contribution in [3.63, 3.8) is 0 Å². The van der Waals surface area contributed by atoms with Crippen LogP contribution in [-0.2, 0) is 9.84 Å². The van der Waals surface area contributed by atoms with Gasteiger partial charge in [0.1, 0.15) is 5.75 Å². The highest BCUT2D eigenvalue weighted by Gasteiger charge is 2.21. The van der Waals surface area contributed by atoms with Crippen molar-refractivity contribution in [1.82, 2.24) is 0 Å². The topological polar surface area (TPSA) is 51.2 Å². The number of carbonyl (C=O) groups is 1. The molecule has 3 nitrogen and oxygen atoms in total. The van der Waals surface area contributed by atoms with Crippen LogP contribution < -0.4 is 0 Å². The molecule has 2 aromatic carbocycles. The number of Topliss-reactive ketones (excluding diaryl/α,β-unsaturated/α-hetero) is 1. The lowest BCUT2D eigenvalue weighted by Gasteiger charge is -2.08. The number of hydrogen-bond acceptors (Lipinski definition) is 3. The molecule has 0 heterocycles. The van der Waals surface area contributed by atoms with Gasteiger partial charge in [-0.3, -0.25) is 4.79 Å². The molecule has 0 radical (unpaired) electrons. The molecule has 0 aliphatic carbocycles. The van der Waals surface area contributed by atoms with Gasteiger partial charge in [-0.25, -0.2) is 8.42 Å². The molecule has 110 valence electrons. The van der Waals surface area contributed by atoms with E-state index in [9.17, 15) is 13.2 Å². The molecule has 0 N–H and O–H groups in total. The third kappa shape index (κ3) is 3.58. The summed E-state index contributed by atoms with van der Waals surface area (Å²) in [7, 11) is -3.61. The van der Waals surface area contributed by atoms with E-state index >= 15 is 0 Å². The van der Waals surface area contributed by atoms with E-state index < -0.39 is 15.6 Å². The first kappa shape index (κ1) is 15.4. The normalized spacial score (nSPS) is 11.4. The van der Waals surface area contributed by atoms with Crippen molar-refractivity contribution in [2.75, 3.05) is 5.75 Å². The summed E-state index contributed by atoms with van der Waals surface area (Å²) in [5.41, 5.74) is 3.18. The minimum Gasteiger partial charge on any atom is -0.293 e. The lowest BCUT2D eigenvalue weighted by atomic mass is 10.0. The van der Waals surface area contributed by atoms with Gasteiger partial charge in [-0.1, -0.05) is 35.9 Å². The Morgan fingerprint density at radius 3 is 2.24 bits per heavy atom. The highest BCUT2D eigenvalue weighted by Crippen LogP contribution is 2.17. The van der Waals surface area contributed by atoms with Crippen molar-refractivity contribution >= 4 is 15.6 Å². The Morgan fingerprint density at radius 1 is 0.952 bits per heavy atom. The molecule has 0 aliphatic rings. The van der Waals surface area contributed by atoms with Gasteiger partial charge < -0.3 is 0 Å². The maximum absolute atomic E-state index is 12.3. The van der Waals surface area contributed by atoms with Crippen LogP contribution in [0.5, 0.6) is 0 Å². The quantitative estimate of drug-likeness (QED) is 0.815. The molecular formula is C17H18O3S. The standard InChI is InChI=1S/C17H18O3S/c1-12-5-4-6-15(10-12)21(19,20)11-17(18)16-8-7-13(2)9-14(16)3/h4-10H,11H2,1-3H3. The molecule has 0 atom stereocenters. The summed E-state index contributed by atoms with van der Waals surface area (Å²) < 4.78 is 24.7. The average molecular weight is 302 g/mol. The van der Waals surface area contributed by atoms with Crippen LogP contribution in [0.25, 0.3) is 0 Å².